The van der Waals surface area contributed by atoms with E-state index in [-0.39, 0.29) is 33.8 Å². The number of aliphatic hydroxyl groups is 1. The van der Waals surface area contributed by atoms with Gasteiger partial charge in [0.05, 0.1) is 6.61 Å². The molecule has 3 rings (SSSR count). The SMILES string of the molecule is C=C(C)C(=O)Oc1ccc(-c2ccc(-c3ccc(OC(=O)C(=C)C)c(CO)c3)cc2F)cc1F. The van der Waals surface area contributed by atoms with Crippen molar-refractivity contribution in [1.29, 1.82) is 0 Å². The third-order valence-corrected chi connectivity index (χ3v) is 4.88. The number of rotatable bonds is 7. The zero-order valence-corrected chi connectivity index (χ0v) is 18.7. The summed E-state index contributed by atoms with van der Waals surface area (Å²) in [7, 11) is 0. The molecular weight excluding hydrogens is 442 g/mol. The average Bonchev–Trinajstić information content (AvgIpc) is 2.80. The van der Waals surface area contributed by atoms with Gasteiger partial charge in [-0.1, -0.05) is 37.4 Å². The Morgan fingerprint density at radius 1 is 0.765 bits per heavy atom. The van der Waals surface area contributed by atoms with E-state index in [0.29, 0.717) is 16.7 Å². The normalized spacial score (nSPS) is 10.5. The van der Waals surface area contributed by atoms with E-state index in [2.05, 4.69) is 13.2 Å². The molecule has 7 heteroatoms. The summed E-state index contributed by atoms with van der Waals surface area (Å²) in [4.78, 5) is 23.4. The van der Waals surface area contributed by atoms with Gasteiger partial charge in [-0.2, -0.15) is 0 Å². The molecule has 0 spiro atoms. The molecule has 0 atom stereocenters. The lowest BCUT2D eigenvalue weighted by molar-refractivity contribution is -0.131. The van der Waals surface area contributed by atoms with Crippen LogP contribution in [0, 0.1) is 11.6 Å². The second kappa shape index (κ2) is 10.2. The first-order valence-corrected chi connectivity index (χ1v) is 10.2. The number of hydrogen-bond acceptors (Lipinski definition) is 5. The Morgan fingerprint density at radius 3 is 1.82 bits per heavy atom. The highest BCUT2D eigenvalue weighted by molar-refractivity contribution is 5.89. The monoisotopic (exact) mass is 464 g/mol. The molecule has 0 heterocycles. The highest BCUT2D eigenvalue weighted by atomic mass is 19.1. The van der Waals surface area contributed by atoms with E-state index in [9.17, 15) is 23.5 Å². The zero-order valence-electron chi connectivity index (χ0n) is 18.7. The molecule has 0 aliphatic rings. The predicted octanol–water partition coefficient (Wildman–Crippen LogP) is 5.75. The van der Waals surface area contributed by atoms with E-state index in [1.54, 1.807) is 18.2 Å². The minimum absolute atomic E-state index is 0.122. The van der Waals surface area contributed by atoms with Gasteiger partial charge in [-0.25, -0.2) is 18.4 Å². The van der Waals surface area contributed by atoms with Crippen molar-refractivity contribution in [2.45, 2.75) is 20.5 Å². The molecule has 0 unspecified atom stereocenters. The largest absolute Gasteiger partial charge is 0.423 e. The maximum atomic E-state index is 14.9. The number of benzene rings is 3. The van der Waals surface area contributed by atoms with Crippen molar-refractivity contribution < 1.29 is 33.0 Å². The van der Waals surface area contributed by atoms with Gasteiger partial charge in [0, 0.05) is 22.3 Å². The second-order valence-electron chi connectivity index (χ2n) is 7.66. The molecular formula is C27H22F2O5. The van der Waals surface area contributed by atoms with E-state index < -0.39 is 30.2 Å². The fraction of sp³-hybridized carbons (Fsp3) is 0.111. The summed E-state index contributed by atoms with van der Waals surface area (Å²) in [5.41, 5.74) is 2.17. The lowest BCUT2D eigenvalue weighted by Crippen LogP contribution is -2.09. The number of halogens is 2. The molecule has 0 amide bonds. The fourth-order valence-electron chi connectivity index (χ4n) is 3.04. The molecule has 0 bridgehead atoms. The molecule has 5 nitrogen and oxygen atoms in total. The van der Waals surface area contributed by atoms with E-state index in [0.717, 1.165) is 6.07 Å². The van der Waals surface area contributed by atoms with Gasteiger partial charge >= 0.3 is 11.9 Å². The molecule has 0 aliphatic carbocycles. The smallest absolute Gasteiger partial charge is 0.338 e. The van der Waals surface area contributed by atoms with E-state index in [4.69, 9.17) is 9.47 Å². The molecule has 0 aromatic heterocycles. The van der Waals surface area contributed by atoms with E-state index in [1.807, 2.05) is 0 Å². The number of ether oxygens (including phenoxy) is 2. The summed E-state index contributed by atoms with van der Waals surface area (Å²) >= 11 is 0. The quantitative estimate of drug-likeness (QED) is 0.274. The molecule has 1 N–H and O–H groups in total. The summed E-state index contributed by atoms with van der Waals surface area (Å²) in [5.74, 6) is -2.90. The maximum absolute atomic E-state index is 14.9. The number of carbonyl (C=O) groups is 2. The van der Waals surface area contributed by atoms with Crippen molar-refractivity contribution in [3.63, 3.8) is 0 Å². The van der Waals surface area contributed by atoms with Crippen LogP contribution in [0.1, 0.15) is 19.4 Å². The van der Waals surface area contributed by atoms with Crippen molar-refractivity contribution in [2.24, 2.45) is 0 Å². The third kappa shape index (κ3) is 5.44. The Balaban J connectivity index is 1.89. The minimum atomic E-state index is -0.817. The second-order valence-corrected chi connectivity index (χ2v) is 7.66. The molecule has 0 fully saturated rings. The highest BCUT2D eigenvalue weighted by Crippen LogP contribution is 2.32. The summed E-state index contributed by atoms with van der Waals surface area (Å²) in [6.45, 7) is 9.51. The molecule has 34 heavy (non-hydrogen) atoms. The number of esters is 2. The van der Waals surface area contributed by atoms with Crippen LogP contribution in [0.3, 0.4) is 0 Å². The lowest BCUT2D eigenvalue weighted by Gasteiger charge is -2.12. The fourth-order valence-corrected chi connectivity index (χ4v) is 3.04. The van der Waals surface area contributed by atoms with Crippen LogP contribution in [0.2, 0.25) is 0 Å². The van der Waals surface area contributed by atoms with Crippen LogP contribution in [0.15, 0.2) is 78.9 Å². The molecule has 3 aromatic rings. The number of hydrogen-bond donors (Lipinski definition) is 1. The van der Waals surface area contributed by atoms with Crippen molar-refractivity contribution >= 4 is 11.9 Å². The van der Waals surface area contributed by atoms with Gasteiger partial charge in [-0.15, -0.1) is 0 Å². The predicted molar refractivity (Wildman–Crippen MR) is 124 cm³/mol. The average molecular weight is 464 g/mol. The Morgan fingerprint density at radius 2 is 1.26 bits per heavy atom. The zero-order chi connectivity index (χ0) is 25.0. The lowest BCUT2D eigenvalue weighted by atomic mass is 9.98. The first-order chi connectivity index (χ1) is 16.1. The van der Waals surface area contributed by atoms with Gasteiger partial charge in [0.15, 0.2) is 11.6 Å². The van der Waals surface area contributed by atoms with Crippen LogP contribution in [-0.4, -0.2) is 17.0 Å². The minimum Gasteiger partial charge on any atom is -0.423 e. The Hall–Kier alpha value is -4.10. The van der Waals surface area contributed by atoms with Crippen LogP contribution in [-0.2, 0) is 16.2 Å². The molecule has 0 saturated heterocycles. The van der Waals surface area contributed by atoms with Crippen molar-refractivity contribution in [3.8, 4) is 33.8 Å². The van der Waals surface area contributed by atoms with Crippen LogP contribution < -0.4 is 9.47 Å². The number of carbonyl (C=O) groups excluding carboxylic acids is 2. The maximum Gasteiger partial charge on any atom is 0.338 e. The molecule has 0 saturated carbocycles. The van der Waals surface area contributed by atoms with Crippen LogP contribution in [0.25, 0.3) is 22.3 Å². The molecule has 0 aliphatic heterocycles. The molecule has 174 valence electrons. The van der Waals surface area contributed by atoms with E-state index in [1.165, 1.54) is 44.2 Å². The number of aliphatic hydroxyl groups excluding tert-OH is 1. The summed E-state index contributed by atoms with van der Waals surface area (Å²) < 4.78 is 39.5. The summed E-state index contributed by atoms with van der Waals surface area (Å²) in [6, 6.07) is 12.9. The van der Waals surface area contributed by atoms with Crippen LogP contribution >= 0.6 is 0 Å². The van der Waals surface area contributed by atoms with Crippen LogP contribution in [0.4, 0.5) is 8.78 Å². The van der Waals surface area contributed by atoms with E-state index >= 15 is 0 Å². The van der Waals surface area contributed by atoms with Gasteiger partial charge < -0.3 is 14.6 Å². The third-order valence-electron chi connectivity index (χ3n) is 4.88. The summed E-state index contributed by atoms with van der Waals surface area (Å²) in [6.07, 6.45) is 0. The van der Waals surface area contributed by atoms with Gasteiger partial charge in [0.1, 0.15) is 11.6 Å². The topological polar surface area (TPSA) is 72.8 Å². The molecule has 3 aromatic carbocycles. The Labute approximate surface area is 195 Å². The van der Waals surface area contributed by atoms with Gasteiger partial charge in [0.25, 0.3) is 0 Å². The van der Waals surface area contributed by atoms with Crippen molar-refractivity contribution in [1.82, 2.24) is 0 Å². The first-order valence-electron chi connectivity index (χ1n) is 10.2. The molecule has 0 radical (unpaired) electrons. The van der Waals surface area contributed by atoms with Gasteiger partial charge in [-0.05, 0) is 60.9 Å². The highest BCUT2D eigenvalue weighted by Gasteiger charge is 2.15. The first kappa shape index (κ1) is 24.5. The van der Waals surface area contributed by atoms with Crippen molar-refractivity contribution in [3.05, 3.63) is 96.1 Å². The standard InChI is InChI=1S/C27H22F2O5/c1-15(2)26(31)33-24-9-6-17(11-20(24)14-30)18-5-8-21(22(28)12-18)19-7-10-25(23(29)13-19)34-27(32)16(3)4/h5-13,30H,1,3,14H2,2,4H3. The summed E-state index contributed by atoms with van der Waals surface area (Å²) in [5, 5.41) is 9.66. The Kier molecular flexibility index (Phi) is 7.38. The van der Waals surface area contributed by atoms with Gasteiger partial charge in [-0.3, -0.25) is 0 Å². The van der Waals surface area contributed by atoms with Crippen LogP contribution in [0.5, 0.6) is 11.5 Å². The Bertz CT molecular complexity index is 1310. The van der Waals surface area contributed by atoms with Crippen molar-refractivity contribution in [2.75, 3.05) is 0 Å². The van der Waals surface area contributed by atoms with Gasteiger partial charge in [0.2, 0.25) is 0 Å².